The molecule has 0 fully saturated rings. The van der Waals surface area contributed by atoms with Crippen molar-refractivity contribution in [3.63, 3.8) is 0 Å². The Labute approximate surface area is 124 Å². The zero-order valence-electron chi connectivity index (χ0n) is 12.3. The van der Waals surface area contributed by atoms with Gasteiger partial charge in [0.05, 0.1) is 6.61 Å². The summed E-state index contributed by atoms with van der Waals surface area (Å²) in [6, 6.07) is 10.5. The van der Waals surface area contributed by atoms with Gasteiger partial charge in [0.15, 0.2) is 0 Å². The molecule has 0 spiro atoms. The molecule has 0 atom stereocenters. The van der Waals surface area contributed by atoms with Crippen LogP contribution in [0.15, 0.2) is 34.9 Å². The third kappa shape index (κ3) is 3.25. The molecule has 21 heavy (non-hydrogen) atoms. The molecule has 1 aliphatic rings. The van der Waals surface area contributed by atoms with Crippen LogP contribution in [0, 0.1) is 0 Å². The molecule has 0 saturated heterocycles. The quantitative estimate of drug-likeness (QED) is 0.823. The third-order valence-electron chi connectivity index (χ3n) is 3.81. The largest absolute Gasteiger partial charge is 0.383 e. The van der Waals surface area contributed by atoms with E-state index in [9.17, 15) is 0 Å². The Morgan fingerprint density at radius 2 is 2.19 bits per heavy atom. The van der Waals surface area contributed by atoms with Crippen molar-refractivity contribution in [2.75, 3.05) is 31.7 Å². The number of nitrogens with one attached hydrogen (secondary N) is 1. The van der Waals surface area contributed by atoms with E-state index in [1.807, 2.05) is 6.07 Å². The second-order valence-corrected chi connectivity index (χ2v) is 5.21. The Hall–Kier alpha value is -1.85. The zero-order chi connectivity index (χ0) is 14.5. The van der Waals surface area contributed by atoms with E-state index in [1.54, 1.807) is 7.11 Å². The molecular formula is C16H21N3O2. The Balaban J connectivity index is 1.68. The summed E-state index contributed by atoms with van der Waals surface area (Å²) in [5, 5.41) is 7.55. The van der Waals surface area contributed by atoms with Gasteiger partial charge in [-0.2, -0.15) is 0 Å². The number of rotatable bonds is 6. The fourth-order valence-corrected chi connectivity index (χ4v) is 2.64. The molecule has 0 aliphatic carbocycles. The van der Waals surface area contributed by atoms with Crippen molar-refractivity contribution in [1.29, 1.82) is 0 Å². The molecular weight excluding hydrogens is 266 g/mol. The molecule has 0 bridgehead atoms. The highest BCUT2D eigenvalue weighted by Gasteiger charge is 2.23. The smallest absolute Gasteiger partial charge is 0.143 e. The lowest BCUT2D eigenvalue weighted by atomic mass is 10.1. The summed E-state index contributed by atoms with van der Waals surface area (Å²) in [7, 11) is 1.71. The first-order valence-electron chi connectivity index (χ1n) is 7.34. The van der Waals surface area contributed by atoms with Crippen LogP contribution in [0.25, 0.3) is 0 Å². The van der Waals surface area contributed by atoms with Crippen molar-refractivity contribution >= 4 is 5.69 Å². The van der Waals surface area contributed by atoms with Crippen molar-refractivity contribution in [2.24, 2.45) is 0 Å². The van der Waals surface area contributed by atoms with E-state index >= 15 is 0 Å². The summed E-state index contributed by atoms with van der Waals surface area (Å²) < 4.78 is 10.5. The number of ether oxygens (including phenoxy) is 1. The van der Waals surface area contributed by atoms with Crippen LogP contribution in [-0.2, 0) is 24.2 Å². The van der Waals surface area contributed by atoms with Gasteiger partial charge < -0.3 is 19.5 Å². The predicted molar refractivity (Wildman–Crippen MR) is 81.3 cm³/mol. The first kappa shape index (κ1) is 14.1. The zero-order valence-corrected chi connectivity index (χ0v) is 12.3. The number of nitrogens with zero attached hydrogens (tertiary/aromatic N) is 2. The molecule has 2 aromatic rings. The maximum absolute atomic E-state index is 5.48. The van der Waals surface area contributed by atoms with Gasteiger partial charge >= 0.3 is 0 Å². The molecule has 1 aromatic heterocycles. The number of methoxy groups -OCH3 is 1. The van der Waals surface area contributed by atoms with Crippen LogP contribution in [0.3, 0.4) is 0 Å². The van der Waals surface area contributed by atoms with Crippen LogP contribution < -0.4 is 10.2 Å². The first-order valence-corrected chi connectivity index (χ1v) is 7.34. The van der Waals surface area contributed by atoms with E-state index in [0.717, 1.165) is 44.1 Å². The second-order valence-electron chi connectivity index (χ2n) is 5.21. The van der Waals surface area contributed by atoms with Crippen LogP contribution in [0.4, 0.5) is 5.69 Å². The summed E-state index contributed by atoms with van der Waals surface area (Å²) >= 11 is 0. The van der Waals surface area contributed by atoms with Crippen LogP contribution in [-0.4, -0.2) is 32.0 Å². The van der Waals surface area contributed by atoms with Gasteiger partial charge in [0.1, 0.15) is 11.5 Å². The van der Waals surface area contributed by atoms with Gasteiger partial charge in [-0.3, -0.25) is 0 Å². The predicted octanol–water partition coefficient (Wildman–Crippen LogP) is 1.97. The minimum absolute atomic E-state index is 0.705. The highest BCUT2D eigenvalue weighted by molar-refractivity contribution is 5.48. The normalized spacial score (nSPS) is 14.2. The van der Waals surface area contributed by atoms with Crippen molar-refractivity contribution in [2.45, 2.75) is 19.5 Å². The molecule has 0 saturated carbocycles. The summed E-state index contributed by atoms with van der Waals surface area (Å²) in [6.45, 7) is 4.09. The van der Waals surface area contributed by atoms with E-state index < -0.39 is 0 Å². The van der Waals surface area contributed by atoms with Gasteiger partial charge in [0, 0.05) is 51.0 Å². The Bertz CT molecular complexity index is 568. The summed E-state index contributed by atoms with van der Waals surface area (Å²) in [6.07, 6.45) is 0.912. The van der Waals surface area contributed by atoms with Crippen molar-refractivity contribution < 1.29 is 9.26 Å². The number of para-hydroxylation sites is 1. The number of benzene rings is 1. The third-order valence-corrected chi connectivity index (χ3v) is 3.81. The summed E-state index contributed by atoms with van der Waals surface area (Å²) in [5.74, 6) is 1.03. The Kier molecular flexibility index (Phi) is 4.52. The van der Waals surface area contributed by atoms with Crippen molar-refractivity contribution in [3.05, 3.63) is 47.3 Å². The fraction of sp³-hybridized carbons (Fsp3) is 0.438. The average molecular weight is 287 g/mol. The number of anilines is 1. The molecule has 1 N–H and O–H groups in total. The minimum Gasteiger partial charge on any atom is -0.383 e. The topological polar surface area (TPSA) is 50.5 Å². The molecule has 2 heterocycles. The maximum atomic E-state index is 5.48. The molecule has 1 aliphatic heterocycles. The highest BCUT2D eigenvalue weighted by atomic mass is 16.5. The molecule has 5 heteroatoms. The van der Waals surface area contributed by atoms with Gasteiger partial charge in [-0.25, -0.2) is 0 Å². The van der Waals surface area contributed by atoms with E-state index in [0.29, 0.717) is 6.61 Å². The number of fused-ring (bicyclic) bond motifs is 1. The Morgan fingerprint density at radius 1 is 1.33 bits per heavy atom. The first-order chi connectivity index (χ1) is 10.4. The van der Waals surface area contributed by atoms with Crippen molar-refractivity contribution in [1.82, 2.24) is 10.5 Å². The lowest BCUT2D eigenvalue weighted by molar-refractivity contribution is 0.199. The van der Waals surface area contributed by atoms with Crippen LogP contribution in [0.5, 0.6) is 0 Å². The van der Waals surface area contributed by atoms with Gasteiger partial charge in [-0.1, -0.05) is 23.4 Å². The van der Waals surface area contributed by atoms with Crippen LogP contribution in [0.2, 0.25) is 0 Å². The molecule has 3 rings (SSSR count). The van der Waals surface area contributed by atoms with Crippen LogP contribution >= 0.6 is 0 Å². The SMILES string of the molecule is COCCNCc1noc2c1CN(c1ccccc1)CC2. The lowest BCUT2D eigenvalue weighted by Gasteiger charge is -2.28. The van der Waals surface area contributed by atoms with E-state index in [-0.39, 0.29) is 0 Å². The van der Waals surface area contributed by atoms with Crippen LogP contribution in [0.1, 0.15) is 17.0 Å². The summed E-state index contributed by atoms with van der Waals surface area (Å²) in [4.78, 5) is 2.37. The molecule has 112 valence electrons. The highest BCUT2D eigenvalue weighted by Crippen LogP contribution is 2.26. The molecule has 0 radical (unpaired) electrons. The van der Waals surface area contributed by atoms with E-state index in [2.05, 4.69) is 39.6 Å². The summed E-state index contributed by atoms with van der Waals surface area (Å²) in [5.41, 5.74) is 3.50. The van der Waals surface area contributed by atoms with Gasteiger partial charge in [0.25, 0.3) is 0 Å². The monoisotopic (exact) mass is 287 g/mol. The molecule has 5 nitrogen and oxygen atoms in total. The van der Waals surface area contributed by atoms with Gasteiger partial charge in [0.2, 0.25) is 0 Å². The van der Waals surface area contributed by atoms with Gasteiger partial charge in [-0.15, -0.1) is 0 Å². The molecule has 0 amide bonds. The standard InChI is InChI=1S/C16H21N3O2/c1-20-10-8-17-11-15-14-12-19(9-7-16(14)21-18-15)13-5-3-2-4-6-13/h2-6,17H,7-12H2,1H3. The second kappa shape index (κ2) is 6.74. The molecule has 1 aromatic carbocycles. The fourth-order valence-electron chi connectivity index (χ4n) is 2.64. The minimum atomic E-state index is 0.705. The van der Waals surface area contributed by atoms with Crippen molar-refractivity contribution in [3.8, 4) is 0 Å². The maximum Gasteiger partial charge on any atom is 0.143 e. The Morgan fingerprint density at radius 3 is 3.00 bits per heavy atom. The lowest BCUT2D eigenvalue weighted by Crippen LogP contribution is -2.30. The van der Waals surface area contributed by atoms with E-state index in [1.165, 1.54) is 11.3 Å². The number of hydrogen-bond acceptors (Lipinski definition) is 5. The number of aromatic nitrogens is 1. The molecule has 0 unspecified atom stereocenters. The van der Waals surface area contributed by atoms with Gasteiger partial charge in [-0.05, 0) is 12.1 Å². The van der Waals surface area contributed by atoms with E-state index in [4.69, 9.17) is 9.26 Å². The number of hydrogen-bond donors (Lipinski definition) is 1. The average Bonchev–Trinajstić information content (AvgIpc) is 2.95.